The van der Waals surface area contributed by atoms with E-state index in [-0.39, 0.29) is 17.2 Å². The van der Waals surface area contributed by atoms with Gasteiger partial charge in [-0.3, -0.25) is 0 Å². The third-order valence-electron chi connectivity index (χ3n) is 2.24. The maximum absolute atomic E-state index is 9.73. The number of ether oxygens (including phenoxy) is 1. The van der Waals surface area contributed by atoms with Gasteiger partial charge in [0.1, 0.15) is 0 Å². The first-order valence-electron chi connectivity index (χ1n) is 5.49. The van der Waals surface area contributed by atoms with Crippen LogP contribution < -0.4 is 11.5 Å². The molecule has 1 aliphatic rings. The number of alkyl halides is 1. The summed E-state index contributed by atoms with van der Waals surface area (Å²) in [5.41, 5.74) is 10.8. The molecule has 4 atom stereocenters. The molecule has 0 amide bonds. The monoisotopic (exact) mass is 363 g/mol. The van der Waals surface area contributed by atoms with Gasteiger partial charge in [-0.05, 0) is 0 Å². The Hall–Kier alpha value is 0.450. The van der Waals surface area contributed by atoms with Gasteiger partial charge in [-0.2, -0.15) is 0 Å². The van der Waals surface area contributed by atoms with Crippen LogP contribution >= 0.6 is 20.5 Å². The van der Waals surface area contributed by atoms with Gasteiger partial charge < -0.3 is 0 Å². The van der Waals surface area contributed by atoms with Crippen LogP contribution in [0.5, 0.6) is 0 Å². The van der Waals surface area contributed by atoms with Crippen LogP contribution in [0.1, 0.15) is 0 Å². The number of rotatable bonds is 9. The van der Waals surface area contributed by atoms with Crippen molar-refractivity contribution >= 4 is 20.5 Å². The zero-order valence-electron chi connectivity index (χ0n) is 9.96. The fraction of sp³-hybridized carbons (Fsp3) is 1.00. The topological polar surface area (TPSA) is 114 Å². The van der Waals surface area contributed by atoms with E-state index < -0.39 is 32.7 Å². The molecule has 1 saturated heterocycles. The van der Waals surface area contributed by atoms with Gasteiger partial charge in [0.25, 0.3) is 0 Å². The number of β-amino-alcohol motifs (C(OH)–C–C–N with tert-alkyl or cyclic N) is 1. The third-order valence-corrected chi connectivity index (χ3v) is 7.56. The first-order valence-corrected chi connectivity index (χ1v) is 8.58. The first-order chi connectivity index (χ1) is 8.15. The summed E-state index contributed by atoms with van der Waals surface area (Å²) in [6.45, 7) is 1.92. The van der Waals surface area contributed by atoms with Crippen LogP contribution in [0.25, 0.3) is 0 Å². The minimum atomic E-state index is -1.80. The van der Waals surface area contributed by atoms with Crippen molar-refractivity contribution in [1.82, 2.24) is 3.11 Å². The van der Waals surface area contributed by atoms with Crippen molar-refractivity contribution in [2.45, 2.75) is 16.3 Å². The average molecular weight is 363 g/mol. The van der Waals surface area contributed by atoms with Crippen molar-refractivity contribution in [2.24, 2.45) is 11.5 Å². The molecular weight excluding hydrogens is 341 g/mol. The molecule has 1 aliphatic heterocycles. The molecule has 0 spiro atoms. The van der Waals surface area contributed by atoms with Crippen LogP contribution in [0.15, 0.2) is 0 Å². The Labute approximate surface area is 109 Å². The number of nitrogens with zero attached hydrogens (tertiary/aromatic N) is 1. The molecule has 1 heterocycles. The van der Waals surface area contributed by atoms with Crippen molar-refractivity contribution in [3.63, 3.8) is 0 Å². The van der Waals surface area contributed by atoms with E-state index in [4.69, 9.17) is 19.3 Å². The molecule has 6 N–H and O–H groups in total. The van der Waals surface area contributed by atoms with E-state index in [1.54, 1.807) is 7.11 Å². The number of methoxy groups -OCH3 is 1. The molecule has 0 saturated carbocycles. The van der Waals surface area contributed by atoms with Gasteiger partial charge in [0, 0.05) is 0 Å². The SMILES string of the molecule is COCC(O)CN1C(C(O)CN)I1OCCN. The van der Waals surface area contributed by atoms with E-state index in [0.29, 0.717) is 19.7 Å². The number of hydrogen-bond donors (Lipinski definition) is 4. The van der Waals surface area contributed by atoms with Crippen LogP contribution in [-0.2, 0) is 7.80 Å². The zero-order chi connectivity index (χ0) is 12.8. The molecule has 1 fully saturated rings. The summed E-state index contributed by atoms with van der Waals surface area (Å²) in [7, 11) is 1.54. The van der Waals surface area contributed by atoms with Gasteiger partial charge in [0.05, 0.1) is 0 Å². The molecule has 0 aromatic carbocycles. The Kier molecular flexibility index (Phi) is 7.11. The van der Waals surface area contributed by atoms with Crippen molar-refractivity contribution in [2.75, 3.05) is 40.0 Å². The van der Waals surface area contributed by atoms with Crippen molar-refractivity contribution in [3.05, 3.63) is 0 Å². The van der Waals surface area contributed by atoms with E-state index in [9.17, 15) is 10.2 Å². The molecule has 17 heavy (non-hydrogen) atoms. The normalized spacial score (nSPS) is 29.1. The quantitative estimate of drug-likeness (QED) is 0.127. The van der Waals surface area contributed by atoms with Crippen LogP contribution in [0.2, 0.25) is 0 Å². The van der Waals surface area contributed by atoms with Crippen molar-refractivity contribution in [3.8, 4) is 0 Å². The molecule has 104 valence electrons. The molecule has 4 unspecified atom stereocenters. The maximum atomic E-state index is 9.73. The summed E-state index contributed by atoms with van der Waals surface area (Å²) in [4.78, 5) is 0. The van der Waals surface area contributed by atoms with E-state index in [0.717, 1.165) is 0 Å². The van der Waals surface area contributed by atoms with Crippen molar-refractivity contribution < 1.29 is 18.0 Å². The van der Waals surface area contributed by atoms with Crippen LogP contribution in [0.3, 0.4) is 0 Å². The summed E-state index contributed by atoms with van der Waals surface area (Å²) in [6, 6.07) is 0. The number of hydrogen-bond acceptors (Lipinski definition) is 7. The molecule has 1 rings (SSSR count). The molecule has 7 nitrogen and oxygen atoms in total. The van der Waals surface area contributed by atoms with E-state index in [1.165, 1.54) is 0 Å². The van der Waals surface area contributed by atoms with Crippen LogP contribution in [0.4, 0.5) is 0 Å². The molecule has 0 bridgehead atoms. The molecule has 0 aromatic rings. The van der Waals surface area contributed by atoms with Gasteiger partial charge in [0.2, 0.25) is 0 Å². The van der Waals surface area contributed by atoms with Gasteiger partial charge in [0.15, 0.2) is 0 Å². The minimum absolute atomic E-state index is 0.00209. The zero-order valence-corrected chi connectivity index (χ0v) is 12.1. The Balaban J connectivity index is 2.39. The fourth-order valence-corrected chi connectivity index (χ4v) is 6.88. The fourth-order valence-electron chi connectivity index (χ4n) is 1.46. The summed E-state index contributed by atoms with van der Waals surface area (Å²) in [6.07, 6.45) is -1.14. The van der Waals surface area contributed by atoms with E-state index in [2.05, 4.69) is 0 Å². The number of aliphatic hydroxyl groups excluding tert-OH is 2. The number of aliphatic hydroxyl groups is 2. The summed E-state index contributed by atoms with van der Waals surface area (Å²) in [5.74, 6) is 0. The molecule has 0 aliphatic carbocycles. The molecule has 8 heteroatoms. The van der Waals surface area contributed by atoms with E-state index >= 15 is 0 Å². The summed E-state index contributed by atoms with van der Waals surface area (Å²) >= 11 is -1.80. The number of nitrogens with two attached hydrogens (primary N) is 2. The summed E-state index contributed by atoms with van der Waals surface area (Å²) < 4.78 is 12.5. The molecule has 0 aromatic heterocycles. The van der Waals surface area contributed by atoms with Gasteiger partial charge in [-0.15, -0.1) is 0 Å². The van der Waals surface area contributed by atoms with Gasteiger partial charge in [-0.25, -0.2) is 0 Å². The Morgan fingerprint density at radius 1 is 1.41 bits per heavy atom. The number of halogens is 1. The van der Waals surface area contributed by atoms with Crippen LogP contribution in [0, 0.1) is 0 Å². The molecular formula is C9H22IN3O4. The first kappa shape index (κ1) is 15.5. The Morgan fingerprint density at radius 2 is 2.12 bits per heavy atom. The second-order valence-corrected chi connectivity index (χ2v) is 8.32. The van der Waals surface area contributed by atoms with E-state index in [1.807, 2.05) is 3.11 Å². The Morgan fingerprint density at radius 3 is 2.65 bits per heavy atom. The second kappa shape index (κ2) is 7.79. The molecule has 0 radical (unpaired) electrons. The van der Waals surface area contributed by atoms with Gasteiger partial charge in [-0.1, -0.05) is 0 Å². The summed E-state index contributed by atoms with van der Waals surface area (Å²) in [5, 5.41) is 19.4. The predicted molar refractivity (Wildman–Crippen MR) is 72.5 cm³/mol. The standard InChI is InChI=1S/C9H22IN3O4/c1-16-6-7(14)5-13-9(8(15)4-12)10(13)17-3-2-11/h7-9,14-15H,2-6,11-12H2,1H3. The van der Waals surface area contributed by atoms with Crippen molar-refractivity contribution in [1.29, 1.82) is 0 Å². The van der Waals surface area contributed by atoms with Gasteiger partial charge >= 0.3 is 109 Å². The third kappa shape index (κ3) is 4.56. The average Bonchev–Trinajstić information content (AvgIpc) is 2.98. The Bertz CT molecular complexity index is 224. The second-order valence-electron chi connectivity index (χ2n) is 3.72. The predicted octanol–water partition coefficient (Wildman–Crippen LogP) is -1.73. The van der Waals surface area contributed by atoms with Crippen LogP contribution in [-0.4, -0.2) is 69.5 Å².